The van der Waals surface area contributed by atoms with Crippen molar-refractivity contribution in [2.75, 3.05) is 0 Å². The van der Waals surface area contributed by atoms with Crippen LogP contribution in [-0.2, 0) is 11.2 Å². The van der Waals surface area contributed by atoms with Gasteiger partial charge in [-0.3, -0.25) is 9.20 Å². The molecule has 6 heteroatoms. The molecule has 0 saturated heterocycles. The third kappa shape index (κ3) is 1.72. The molecular weight excluding hydrogens is 238 g/mol. The number of H-pyrrole nitrogens is 1. The molecule has 3 aromatic heterocycles. The Bertz CT molecular complexity index is 666. The Morgan fingerprint density at radius 1 is 1.59 bits per heavy atom. The van der Waals surface area contributed by atoms with Crippen LogP contribution in [0.1, 0.15) is 5.69 Å². The number of aromatic nitrogens is 3. The molecule has 0 atom stereocenters. The number of aromatic amines is 1. The molecule has 86 valence electrons. The molecule has 2 N–H and O–H groups in total. The lowest BCUT2D eigenvalue weighted by molar-refractivity contribution is -0.136. The maximum absolute atomic E-state index is 10.7. The average Bonchev–Trinajstić information content (AvgIpc) is 2.93. The minimum Gasteiger partial charge on any atom is -0.481 e. The van der Waals surface area contributed by atoms with Crippen molar-refractivity contribution < 1.29 is 9.90 Å². The number of thiazole rings is 1. The lowest BCUT2D eigenvalue weighted by atomic mass is 10.3. The van der Waals surface area contributed by atoms with Crippen molar-refractivity contribution in [1.29, 1.82) is 0 Å². The summed E-state index contributed by atoms with van der Waals surface area (Å²) in [7, 11) is 0. The number of aliphatic carboxylic acids is 1. The van der Waals surface area contributed by atoms with Gasteiger partial charge in [-0.2, -0.15) is 0 Å². The quantitative estimate of drug-likeness (QED) is 0.743. The summed E-state index contributed by atoms with van der Waals surface area (Å²) in [6.07, 6.45) is 5.58. The van der Waals surface area contributed by atoms with Gasteiger partial charge in [-0.15, -0.1) is 11.3 Å². The first kappa shape index (κ1) is 10.1. The van der Waals surface area contributed by atoms with Crippen molar-refractivity contribution in [3.05, 3.63) is 35.7 Å². The summed E-state index contributed by atoms with van der Waals surface area (Å²) < 4.78 is 1.83. The number of carboxylic acids is 1. The van der Waals surface area contributed by atoms with E-state index in [1.165, 1.54) is 11.3 Å². The van der Waals surface area contributed by atoms with Gasteiger partial charge in [-0.1, -0.05) is 0 Å². The second-order valence-corrected chi connectivity index (χ2v) is 4.51. The molecule has 0 aliphatic heterocycles. The lowest BCUT2D eigenvalue weighted by Gasteiger charge is -1.93. The van der Waals surface area contributed by atoms with Crippen LogP contribution in [0.3, 0.4) is 0 Å². The Kier molecular flexibility index (Phi) is 2.22. The maximum Gasteiger partial charge on any atom is 0.309 e. The highest BCUT2D eigenvalue weighted by atomic mass is 32.1. The Hall–Kier alpha value is -2.08. The van der Waals surface area contributed by atoms with Crippen LogP contribution in [-0.4, -0.2) is 25.4 Å². The van der Waals surface area contributed by atoms with Crippen molar-refractivity contribution >= 4 is 22.3 Å². The second-order valence-electron chi connectivity index (χ2n) is 3.68. The summed E-state index contributed by atoms with van der Waals surface area (Å²) in [5.41, 5.74) is 2.61. The van der Waals surface area contributed by atoms with Crippen LogP contribution in [0.4, 0.5) is 0 Å². The fourth-order valence-electron chi connectivity index (χ4n) is 1.73. The molecule has 0 unspecified atom stereocenters. The van der Waals surface area contributed by atoms with Gasteiger partial charge in [0.2, 0.25) is 0 Å². The van der Waals surface area contributed by atoms with Crippen molar-refractivity contribution in [3.8, 4) is 11.3 Å². The Morgan fingerprint density at radius 3 is 3.18 bits per heavy atom. The first-order valence-electron chi connectivity index (χ1n) is 5.04. The van der Waals surface area contributed by atoms with Crippen molar-refractivity contribution in [2.45, 2.75) is 6.42 Å². The largest absolute Gasteiger partial charge is 0.481 e. The monoisotopic (exact) mass is 247 g/mol. The van der Waals surface area contributed by atoms with Gasteiger partial charge in [0.1, 0.15) is 0 Å². The predicted molar refractivity (Wildman–Crippen MR) is 64.2 cm³/mol. The van der Waals surface area contributed by atoms with E-state index in [1.54, 1.807) is 0 Å². The van der Waals surface area contributed by atoms with Crippen molar-refractivity contribution in [1.82, 2.24) is 14.4 Å². The van der Waals surface area contributed by atoms with Gasteiger partial charge in [0.15, 0.2) is 4.96 Å². The highest BCUT2D eigenvalue weighted by Crippen LogP contribution is 2.23. The molecule has 3 aromatic rings. The number of carbonyl (C=O) groups is 1. The third-order valence-corrected chi connectivity index (χ3v) is 3.40. The maximum atomic E-state index is 10.7. The highest BCUT2D eigenvalue weighted by Gasteiger charge is 2.11. The molecule has 0 aromatic carbocycles. The van der Waals surface area contributed by atoms with Crippen LogP contribution < -0.4 is 0 Å². The number of hydrogen-bond donors (Lipinski definition) is 2. The van der Waals surface area contributed by atoms with E-state index in [9.17, 15) is 4.79 Å². The van der Waals surface area contributed by atoms with E-state index in [1.807, 2.05) is 34.4 Å². The lowest BCUT2D eigenvalue weighted by Crippen LogP contribution is -2.02. The minimum absolute atomic E-state index is 0.0168. The summed E-state index contributed by atoms with van der Waals surface area (Å²) in [5.74, 6) is -0.832. The zero-order chi connectivity index (χ0) is 11.8. The van der Waals surface area contributed by atoms with E-state index in [4.69, 9.17) is 5.11 Å². The zero-order valence-corrected chi connectivity index (χ0v) is 9.57. The molecule has 0 saturated carbocycles. The number of nitrogens with one attached hydrogen (secondary N) is 1. The molecule has 3 rings (SSSR count). The molecule has 0 radical (unpaired) electrons. The first-order valence-corrected chi connectivity index (χ1v) is 5.92. The number of fused-ring (bicyclic) bond motifs is 1. The number of carboxylic acid groups (broad SMARTS) is 1. The van der Waals surface area contributed by atoms with Crippen LogP contribution in [0.15, 0.2) is 30.0 Å². The fraction of sp³-hybridized carbons (Fsp3) is 0.0909. The smallest absolute Gasteiger partial charge is 0.309 e. The molecular formula is C11H9N3O2S. The highest BCUT2D eigenvalue weighted by molar-refractivity contribution is 7.15. The summed E-state index contributed by atoms with van der Waals surface area (Å²) in [4.78, 5) is 19.0. The van der Waals surface area contributed by atoms with Gasteiger partial charge in [-0.05, 0) is 6.07 Å². The standard InChI is InChI=1S/C11H9N3O2S/c15-10(16)3-8-6-17-11-13-9(5-14(8)11)7-1-2-12-4-7/h1-2,4-6,12H,3H2,(H,15,16). The molecule has 5 nitrogen and oxygen atoms in total. The van der Waals surface area contributed by atoms with Gasteiger partial charge in [0, 0.05) is 35.2 Å². The van der Waals surface area contributed by atoms with Crippen LogP contribution >= 0.6 is 11.3 Å². The molecule has 17 heavy (non-hydrogen) atoms. The van der Waals surface area contributed by atoms with Gasteiger partial charge in [0.25, 0.3) is 0 Å². The summed E-state index contributed by atoms with van der Waals surface area (Å²) >= 11 is 1.45. The van der Waals surface area contributed by atoms with Gasteiger partial charge >= 0.3 is 5.97 Å². The Labute approximate surface area is 100 Å². The van der Waals surface area contributed by atoms with Crippen LogP contribution in [0.2, 0.25) is 0 Å². The SMILES string of the molecule is O=C(O)Cc1csc2nc(-c3cc[nH]c3)cn12. The van der Waals surface area contributed by atoms with E-state index >= 15 is 0 Å². The van der Waals surface area contributed by atoms with Crippen molar-refractivity contribution in [3.63, 3.8) is 0 Å². The third-order valence-electron chi connectivity index (χ3n) is 2.51. The van der Waals surface area contributed by atoms with E-state index < -0.39 is 5.97 Å². The number of hydrogen-bond acceptors (Lipinski definition) is 3. The second kappa shape index (κ2) is 3.74. The minimum atomic E-state index is -0.832. The summed E-state index contributed by atoms with van der Waals surface area (Å²) in [6, 6.07) is 1.93. The number of rotatable bonds is 3. The van der Waals surface area contributed by atoms with E-state index in [0.29, 0.717) is 0 Å². The van der Waals surface area contributed by atoms with Crippen LogP contribution in [0, 0.1) is 0 Å². The predicted octanol–water partition coefficient (Wildman–Crippen LogP) is 2.02. The number of imidazole rings is 1. The van der Waals surface area contributed by atoms with Gasteiger partial charge in [-0.25, -0.2) is 4.98 Å². The summed E-state index contributed by atoms with van der Waals surface area (Å²) in [6.45, 7) is 0. The fourth-order valence-corrected chi connectivity index (χ4v) is 2.61. The molecule has 3 heterocycles. The summed E-state index contributed by atoms with van der Waals surface area (Å²) in [5, 5.41) is 10.6. The average molecular weight is 247 g/mol. The molecule has 0 bridgehead atoms. The van der Waals surface area contributed by atoms with E-state index in [0.717, 1.165) is 21.9 Å². The van der Waals surface area contributed by atoms with Crippen LogP contribution in [0.5, 0.6) is 0 Å². The van der Waals surface area contributed by atoms with Gasteiger partial charge < -0.3 is 10.1 Å². The van der Waals surface area contributed by atoms with E-state index in [2.05, 4.69) is 9.97 Å². The van der Waals surface area contributed by atoms with Crippen LogP contribution in [0.25, 0.3) is 16.2 Å². The number of nitrogens with zero attached hydrogens (tertiary/aromatic N) is 2. The topological polar surface area (TPSA) is 70.4 Å². The van der Waals surface area contributed by atoms with Crippen molar-refractivity contribution in [2.24, 2.45) is 0 Å². The molecule has 0 spiro atoms. The first-order chi connectivity index (χ1) is 8.24. The normalized spacial score (nSPS) is 11.1. The Morgan fingerprint density at radius 2 is 2.47 bits per heavy atom. The van der Waals surface area contributed by atoms with E-state index in [-0.39, 0.29) is 6.42 Å². The van der Waals surface area contributed by atoms with Gasteiger partial charge in [0.05, 0.1) is 12.1 Å². The molecule has 0 aliphatic carbocycles. The molecule has 0 amide bonds. The molecule has 0 fully saturated rings. The molecule has 0 aliphatic rings. The zero-order valence-electron chi connectivity index (χ0n) is 8.75. The Balaban J connectivity index is 2.08.